The summed E-state index contributed by atoms with van der Waals surface area (Å²) in [6.07, 6.45) is 0. The van der Waals surface area contributed by atoms with E-state index in [9.17, 15) is 9.59 Å². The molecule has 0 saturated heterocycles. The van der Waals surface area contributed by atoms with Crippen LogP contribution in [0, 0.1) is 0 Å². The summed E-state index contributed by atoms with van der Waals surface area (Å²) in [6, 6.07) is 8.98. The summed E-state index contributed by atoms with van der Waals surface area (Å²) in [5.41, 5.74) is 0.718. The third-order valence-corrected chi connectivity index (χ3v) is 2.48. The second kappa shape index (κ2) is 7.41. The van der Waals surface area contributed by atoms with Gasteiger partial charge in [0.25, 0.3) is 0 Å². The predicted molar refractivity (Wildman–Crippen MR) is 76.0 cm³/mol. The third kappa shape index (κ3) is 5.42. The van der Waals surface area contributed by atoms with Crippen LogP contribution in [0.3, 0.4) is 0 Å². The van der Waals surface area contributed by atoms with Crippen LogP contribution in [-0.2, 0) is 4.79 Å². The van der Waals surface area contributed by atoms with E-state index in [0.29, 0.717) is 6.54 Å². The van der Waals surface area contributed by atoms with E-state index >= 15 is 0 Å². The molecule has 104 valence electrons. The highest BCUT2D eigenvalue weighted by Gasteiger charge is 2.15. The Bertz CT molecular complexity index is 418. The van der Waals surface area contributed by atoms with Crippen molar-refractivity contribution in [1.82, 2.24) is 10.2 Å². The molecule has 0 aliphatic heterocycles. The molecule has 1 aromatic rings. The van der Waals surface area contributed by atoms with Gasteiger partial charge in [-0.3, -0.25) is 4.79 Å². The van der Waals surface area contributed by atoms with Gasteiger partial charge in [0.2, 0.25) is 5.91 Å². The maximum atomic E-state index is 12.0. The van der Waals surface area contributed by atoms with Gasteiger partial charge in [-0.15, -0.1) is 0 Å². The molecular weight excluding hydrogens is 242 g/mol. The van der Waals surface area contributed by atoms with E-state index in [-0.39, 0.29) is 24.5 Å². The van der Waals surface area contributed by atoms with Gasteiger partial charge in [0.05, 0.1) is 0 Å². The van der Waals surface area contributed by atoms with Crippen molar-refractivity contribution in [1.29, 1.82) is 0 Å². The van der Waals surface area contributed by atoms with Gasteiger partial charge in [-0.25, -0.2) is 4.79 Å². The van der Waals surface area contributed by atoms with Crippen molar-refractivity contribution in [3.05, 3.63) is 30.3 Å². The van der Waals surface area contributed by atoms with Crippen LogP contribution < -0.4 is 10.6 Å². The van der Waals surface area contributed by atoms with Gasteiger partial charge in [0.1, 0.15) is 6.54 Å². The molecule has 0 spiro atoms. The van der Waals surface area contributed by atoms with E-state index in [1.54, 1.807) is 12.1 Å². The maximum Gasteiger partial charge on any atom is 0.322 e. The van der Waals surface area contributed by atoms with Crippen LogP contribution >= 0.6 is 0 Å². The van der Waals surface area contributed by atoms with Crippen molar-refractivity contribution in [3.8, 4) is 0 Å². The number of carbonyl (C=O) groups excluding carboxylic acids is 2. The van der Waals surface area contributed by atoms with Crippen molar-refractivity contribution in [2.45, 2.75) is 26.8 Å². The molecule has 1 rings (SSSR count). The highest BCUT2D eigenvalue weighted by molar-refractivity contribution is 5.92. The molecule has 19 heavy (non-hydrogen) atoms. The first kappa shape index (κ1) is 15.0. The van der Waals surface area contributed by atoms with Gasteiger partial charge in [-0.1, -0.05) is 18.2 Å². The van der Waals surface area contributed by atoms with E-state index < -0.39 is 0 Å². The number of benzene rings is 1. The lowest BCUT2D eigenvalue weighted by Gasteiger charge is -2.21. The van der Waals surface area contributed by atoms with E-state index in [1.807, 2.05) is 39.0 Å². The zero-order valence-electron chi connectivity index (χ0n) is 11.6. The summed E-state index contributed by atoms with van der Waals surface area (Å²) in [5.74, 6) is -0.153. The van der Waals surface area contributed by atoms with E-state index in [1.165, 1.54) is 4.90 Å². The monoisotopic (exact) mass is 263 g/mol. The molecule has 0 aliphatic rings. The number of nitrogens with zero attached hydrogens (tertiary/aromatic N) is 1. The number of hydrogen-bond acceptors (Lipinski definition) is 2. The molecule has 0 atom stereocenters. The average molecular weight is 263 g/mol. The molecule has 5 heteroatoms. The van der Waals surface area contributed by atoms with Crippen molar-refractivity contribution < 1.29 is 9.59 Å². The Morgan fingerprint density at radius 1 is 1.21 bits per heavy atom. The lowest BCUT2D eigenvalue weighted by atomic mass is 10.3. The van der Waals surface area contributed by atoms with Gasteiger partial charge in [-0.2, -0.15) is 0 Å². The fourth-order valence-corrected chi connectivity index (χ4v) is 1.59. The van der Waals surface area contributed by atoms with Crippen molar-refractivity contribution >= 4 is 17.6 Å². The van der Waals surface area contributed by atoms with E-state index in [0.717, 1.165) is 5.69 Å². The SMILES string of the molecule is CCN(CC(=O)NC(C)C)C(=O)Nc1ccccc1. The number of hydrogen-bond donors (Lipinski definition) is 2. The van der Waals surface area contributed by atoms with Crippen LogP contribution in [-0.4, -0.2) is 36.0 Å². The standard InChI is InChI=1S/C14H21N3O2/c1-4-17(10-13(18)15-11(2)3)14(19)16-12-8-6-5-7-9-12/h5-9,11H,4,10H2,1-3H3,(H,15,18)(H,16,19). The quantitative estimate of drug-likeness (QED) is 0.854. The normalized spacial score (nSPS) is 10.1. The summed E-state index contributed by atoms with van der Waals surface area (Å²) < 4.78 is 0. The molecule has 0 aliphatic carbocycles. The molecule has 0 fully saturated rings. The fraction of sp³-hybridized carbons (Fsp3) is 0.429. The van der Waals surface area contributed by atoms with Crippen LogP contribution in [0.4, 0.5) is 10.5 Å². The van der Waals surface area contributed by atoms with Gasteiger partial charge in [-0.05, 0) is 32.9 Å². The number of rotatable bonds is 5. The largest absolute Gasteiger partial charge is 0.352 e. The number of carbonyl (C=O) groups is 2. The van der Waals surface area contributed by atoms with E-state index in [2.05, 4.69) is 10.6 Å². The predicted octanol–water partition coefficient (Wildman–Crippen LogP) is 2.06. The zero-order chi connectivity index (χ0) is 14.3. The number of likely N-dealkylation sites (N-methyl/N-ethyl adjacent to an activating group) is 1. The Balaban J connectivity index is 2.55. The Morgan fingerprint density at radius 2 is 1.84 bits per heavy atom. The highest BCUT2D eigenvalue weighted by atomic mass is 16.2. The molecule has 5 nitrogen and oxygen atoms in total. The van der Waals surface area contributed by atoms with E-state index in [4.69, 9.17) is 0 Å². The first-order chi connectivity index (χ1) is 9.02. The number of amides is 3. The molecule has 3 amide bonds. The van der Waals surface area contributed by atoms with Gasteiger partial charge < -0.3 is 15.5 Å². The number of anilines is 1. The minimum atomic E-state index is -0.271. The molecule has 0 radical (unpaired) electrons. The summed E-state index contributed by atoms with van der Waals surface area (Å²) >= 11 is 0. The fourth-order valence-electron chi connectivity index (χ4n) is 1.59. The summed E-state index contributed by atoms with van der Waals surface area (Å²) in [4.78, 5) is 25.1. The lowest BCUT2D eigenvalue weighted by Crippen LogP contribution is -2.44. The second-order valence-electron chi connectivity index (χ2n) is 4.53. The topological polar surface area (TPSA) is 61.4 Å². The van der Waals surface area contributed by atoms with Crippen LogP contribution in [0.15, 0.2) is 30.3 Å². The Labute approximate surface area is 114 Å². The van der Waals surface area contributed by atoms with Crippen LogP contribution in [0.25, 0.3) is 0 Å². The van der Waals surface area contributed by atoms with Gasteiger partial charge in [0.15, 0.2) is 0 Å². The van der Waals surface area contributed by atoms with Crippen LogP contribution in [0.5, 0.6) is 0 Å². The number of nitrogens with one attached hydrogen (secondary N) is 2. The van der Waals surface area contributed by atoms with Crippen LogP contribution in [0.2, 0.25) is 0 Å². The maximum absolute atomic E-state index is 12.0. The molecule has 2 N–H and O–H groups in total. The van der Waals surface area contributed by atoms with Gasteiger partial charge in [0, 0.05) is 18.3 Å². The summed E-state index contributed by atoms with van der Waals surface area (Å²) in [5, 5.41) is 5.52. The Hall–Kier alpha value is -2.04. The Kier molecular flexibility index (Phi) is 5.85. The first-order valence-corrected chi connectivity index (χ1v) is 6.43. The zero-order valence-corrected chi connectivity index (χ0v) is 11.6. The highest BCUT2D eigenvalue weighted by Crippen LogP contribution is 2.06. The molecule has 0 heterocycles. The first-order valence-electron chi connectivity index (χ1n) is 6.43. The molecular formula is C14H21N3O2. The second-order valence-corrected chi connectivity index (χ2v) is 4.53. The number of para-hydroxylation sites is 1. The molecule has 0 unspecified atom stereocenters. The summed E-state index contributed by atoms with van der Waals surface area (Å²) in [6.45, 7) is 6.15. The molecule has 0 saturated carbocycles. The molecule has 0 bridgehead atoms. The van der Waals surface area contributed by atoms with Crippen molar-refractivity contribution in [3.63, 3.8) is 0 Å². The molecule has 1 aromatic carbocycles. The average Bonchev–Trinajstić information content (AvgIpc) is 2.36. The van der Waals surface area contributed by atoms with Crippen LogP contribution in [0.1, 0.15) is 20.8 Å². The minimum Gasteiger partial charge on any atom is -0.352 e. The lowest BCUT2D eigenvalue weighted by molar-refractivity contribution is -0.122. The third-order valence-electron chi connectivity index (χ3n) is 2.48. The Morgan fingerprint density at radius 3 is 2.37 bits per heavy atom. The van der Waals surface area contributed by atoms with Gasteiger partial charge >= 0.3 is 6.03 Å². The molecule has 0 aromatic heterocycles. The summed E-state index contributed by atoms with van der Waals surface area (Å²) in [7, 11) is 0. The van der Waals surface area contributed by atoms with Crippen molar-refractivity contribution in [2.24, 2.45) is 0 Å². The number of urea groups is 1. The smallest absolute Gasteiger partial charge is 0.322 e. The minimum absolute atomic E-state index is 0.0628. The van der Waals surface area contributed by atoms with Crippen molar-refractivity contribution in [2.75, 3.05) is 18.4 Å².